The number of nitrogens with zero attached hydrogens (tertiary/aromatic N) is 1. The van der Waals surface area contributed by atoms with Gasteiger partial charge in [-0.1, -0.05) is 26.7 Å². The van der Waals surface area contributed by atoms with Crippen LogP contribution in [0.3, 0.4) is 0 Å². The highest BCUT2D eigenvalue weighted by atomic mass is 19.1. The van der Waals surface area contributed by atoms with E-state index < -0.39 is 11.6 Å². The van der Waals surface area contributed by atoms with Gasteiger partial charge in [0.05, 0.1) is 11.6 Å². The number of anilines is 1. The lowest BCUT2D eigenvalue weighted by molar-refractivity contribution is 0.216. The number of nitriles is 1. The van der Waals surface area contributed by atoms with Crippen molar-refractivity contribution in [2.24, 2.45) is 5.41 Å². The summed E-state index contributed by atoms with van der Waals surface area (Å²) in [4.78, 5) is 0. The smallest absolute Gasteiger partial charge is 0.150 e. The predicted molar refractivity (Wildman–Crippen MR) is 70.7 cm³/mol. The molecule has 0 spiro atoms. The lowest BCUT2D eigenvalue weighted by Gasteiger charge is -2.39. The van der Waals surface area contributed by atoms with E-state index in [9.17, 15) is 8.78 Å². The maximum atomic E-state index is 13.9. The van der Waals surface area contributed by atoms with Gasteiger partial charge in [-0.25, -0.2) is 8.78 Å². The van der Waals surface area contributed by atoms with Crippen molar-refractivity contribution in [2.45, 2.75) is 45.6 Å². The third kappa shape index (κ3) is 2.86. The van der Waals surface area contributed by atoms with E-state index in [-0.39, 0.29) is 22.7 Å². The molecule has 102 valence electrons. The summed E-state index contributed by atoms with van der Waals surface area (Å²) in [5.41, 5.74) is -0.0900. The van der Waals surface area contributed by atoms with Crippen LogP contribution in [-0.4, -0.2) is 6.04 Å². The number of benzene rings is 1. The molecule has 19 heavy (non-hydrogen) atoms. The summed E-state index contributed by atoms with van der Waals surface area (Å²) in [6.07, 6.45) is 4.18. The zero-order valence-corrected chi connectivity index (χ0v) is 11.3. The standard InChI is InChI=1S/C15H18F2N2/c1-15(2)6-4-3-5-13(15)19-14-11(16)7-10(9-18)8-12(14)17/h7-8,13,19H,3-6H2,1-2H3. The lowest BCUT2D eigenvalue weighted by Crippen LogP contribution is -2.39. The second-order valence-corrected chi connectivity index (χ2v) is 5.86. The van der Waals surface area contributed by atoms with Gasteiger partial charge in [0.15, 0.2) is 11.6 Å². The molecule has 0 aromatic heterocycles. The SMILES string of the molecule is CC1(C)CCCCC1Nc1c(F)cc(C#N)cc1F. The van der Waals surface area contributed by atoms with E-state index in [1.54, 1.807) is 6.07 Å². The highest BCUT2D eigenvalue weighted by Gasteiger charge is 2.33. The normalized spacial score (nSPS) is 21.7. The van der Waals surface area contributed by atoms with Crippen molar-refractivity contribution in [1.82, 2.24) is 0 Å². The van der Waals surface area contributed by atoms with Crippen LogP contribution in [-0.2, 0) is 0 Å². The molecule has 0 bridgehead atoms. The molecule has 2 nitrogen and oxygen atoms in total. The van der Waals surface area contributed by atoms with Gasteiger partial charge in [-0.05, 0) is 30.4 Å². The van der Waals surface area contributed by atoms with Gasteiger partial charge in [0, 0.05) is 6.04 Å². The summed E-state index contributed by atoms with van der Waals surface area (Å²) in [7, 11) is 0. The summed E-state index contributed by atoms with van der Waals surface area (Å²) in [5, 5.41) is 11.7. The van der Waals surface area contributed by atoms with E-state index in [2.05, 4.69) is 19.2 Å². The van der Waals surface area contributed by atoms with Crippen LogP contribution in [0.5, 0.6) is 0 Å². The number of rotatable bonds is 2. The molecule has 1 saturated carbocycles. The molecular formula is C15H18F2N2. The van der Waals surface area contributed by atoms with Crippen LogP contribution >= 0.6 is 0 Å². The van der Waals surface area contributed by atoms with E-state index in [0.717, 1.165) is 37.8 Å². The molecule has 1 atom stereocenters. The Morgan fingerprint density at radius 2 is 1.89 bits per heavy atom. The Morgan fingerprint density at radius 1 is 1.26 bits per heavy atom. The van der Waals surface area contributed by atoms with Crippen molar-refractivity contribution >= 4 is 5.69 Å². The number of hydrogen-bond donors (Lipinski definition) is 1. The molecule has 1 aromatic rings. The van der Waals surface area contributed by atoms with Crippen molar-refractivity contribution in [2.75, 3.05) is 5.32 Å². The summed E-state index contributed by atoms with van der Waals surface area (Å²) in [5.74, 6) is -1.39. The Labute approximate surface area is 112 Å². The quantitative estimate of drug-likeness (QED) is 0.868. The zero-order valence-electron chi connectivity index (χ0n) is 11.3. The Kier molecular flexibility index (Phi) is 3.75. The van der Waals surface area contributed by atoms with E-state index in [4.69, 9.17) is 5.26 Å². The van der Waals surface area contributed by atoms with Gasteiger partial charge in [-0.15, -0.1) is 0 Å². The van der Waals surface area contributed by atoms with Crippen molar-refractivity contribution in [3.05, 3.63) is 29.3 Å². The average Bonchev–Trinajstić information content (AvgIpc) is 2.34. The Balaban J connectivity index is 2.26. The maximum Gasteiger partial charge on any atom is 0.150 e. The first-order valence-corrected chi connectivity index (χ1v) is 6.60. The third-order valence-corrected chi connectivity index (χ3v) is 4.00. The fourth-order valence-corrected chi connectivity index (χ4v) is 2.71. The summed E-state index contributed by atoms with van der Waals surface area (Å²) in [6, 6.07) is 3.94. The van der Waals surface area contributed by atoms with E-state index >= 15 is 0 Å². The first kappa shape index (κ1) is 13.8. The minimum atomic E-state index is -0.696. The van der Waals surface area contributed by atoms with E-state index in [1.807, 2.05) is 0 Å². The van der Waals surface area contributed by atoms with Crippen LogP contribution in [0.2, 0.25) is 0 Å². The summed E-state index contributed by atoms with van der Waals surface area (Å²) < 4.78 is 27.7. The van der Waals surface area contributed by atoms with Crippen LogP contribution in [0.1, 0.15) is 45.1 Å². The van der Waals surface area contributed by atoms with Crippen molar-refractivity contribution in [3.63, 3.8) is 0 Å². The molecule has 0 heterocycles. The number of nitrogens with one attached hydrogen (secondary N) is 1. The van der Waals surface area contributed by atoms with Crippen molar-refractivity contribution in [1.29, 1.82) is 5.26 Å². The summed E-state index contributed by atoms with van der Waals surface area (Å²) in [6.45, 7) is 4.23. The molecule has 0 radical (unpaired) electrons. The monoisotopic (exact) mass is 264 g/mol. The van der Waals surface area contributed by atoms with E-state index in [1.165, 1.54) is 0 Å². The molecule has 2 rings (SSSR count). The fourth-order valence-electron chi connectivity index (χ4n) is 2.71. The number of halogens is 2. The van der Waals surface area contributed by atoms with Gasteiger partial charge in [0.1, 0.15) is 5.69 Å². The van der Waals surface area contributed by atoms with Gasteiger partial charge >= 0.3 is 0 Å². The minimum absolute atomic E-state index is 0.00320. The number of hydrogen-bond acceptors (Lipinski definition) is 2. The maximum absolute atomic E-state index is 13.9. The van der Waals surface area contributed by atoms with Gasteiger partial charge in [0.2, 0.25) is 0 Å². The van der Waals surface area contributed by atoms with Crippen molar-refractivity contribution < 1.29 is 8.78 Å². The molecule has 1 fully saturated rings. The molecule has 0 aliphatic heterocycles. The first-order valence-electron chi connectivity index (χ1n) is 6.60. The fraction of sp³-hybridized carbons (Fsp3) is 0.533. The largest absolute Gasteiger partial charge is 0.377 e. The molecule has 0 saturated heterocycles. The van der Waals surface area contributed by atoms with Gasteiger partial charge in [-0.3, -0.25) is 0 Å². The zero-order chi connectivity index (χ0) is 14.0. The average molecular weight is 264 g/mol. The lowest BCUT2D eigenvalue weighted by atomic mass is 9.73. The van der Waals surface area contributed by atoms with Crippen LogP contribution < -0.4 is 5.32 Å². The van der Waals surface area contributed by atoms with E-state index in [0.29, 0.717) is 0 Å². The van der Waals surface area contributed by atoms with Crippen LogP contribution in [0.15, 0.2) is 12.1 Å². The Hall–Kier alpha value is -1.63. The predicted octanol–water partition coefficient (Wildman–Crippen LogP) is 4.22. The molecule has 0 amide bonds. The molecule has 1 aromatic carbocycles. The van der Waals surface area contributed by atoms with Crippen LogP contribution in [0.25, 0.3) is 0 Å². The summed E-state index contributed by atoms with van der Waals surface area (Å²) >= 11 is 0. The van der Waals surface area contributed by atoms with Crippen LogP contribution in [0, 0.1) is 28.4 Å². The third-order valence-electron chi connectivity index (χ3n) is 4.00. The van der Waals surface area contributed by atoms with Gasteiger partial charge < -0.3 is 5.32 Å². The highest BCUT2D eigenvalue weighted by molar-refractivity contribution is 5.51. The highest BCUT2D eigenvalue weighted by Crippen LogP contribution is 2.38. The second kappa shape index (κ2) is 5.16. The molecule has 1 aliphatic carbocycles. The van der Waals surface area contributed by atoms with Gasteiger partial charge in [0.25, 0.3) is 0 Å². The Morgan fingerprint density at radius 3 is 2.42 bits per heavy atom. The molecule has 1 aliphatic rings. The van der Waals surface area contributed by atoms with Gasteiger partial charge in [-0.2, -0.15) is 5.26 Å². The Bertz CT molecular complexity index is 494. The topological polar surface area (TPSA) is 35.8 Å². The molecular weight excluding hydrogens is 246 g/mol. The minimum Gasteiger partial charge on any atom is -0.377 e. The molecule has 4 heteroatoms. The molecule has 1 N–H and O–H groups in total. The van der Waals surface area contributed by atoms with Crippen LogP contribution in [0.4, 0.5) is 14.5 Å². The molecule has 1 unspecified atom stereocenters. The first-order chi connectivity index (χ1) is 8.94. The second-order valence-electron chi connectivity index (χ2n) is 5.86. The van der Waals surface area contributed by atoms with Crippen molar-refractivity contribution in [3.8, 4) is 6.07 Å².